The normalized spacial score (nSPS) is 29.6. The molecule has 0 atom stereocenters. The average Bonchev–Trinajstić information content (AvgIpc) is 2.46. The maximum Gasteiger partial charge on any atom is 0.279 e. The lowest BCUT2D eigenvalue weighted by atomic mass is 9.94. The lowest BCUT2D eigenvalue weighted by Crippen LogP contribution is -2.45. The standard InChI is InChI=1S/C14H29N3O3S/c1-12-6-9-17(10-7-12)21(18,19)16-8-11-20-14-4-2-13(15)3-5-14/h12-14,16H,2-11,15H2,1H3. The zero-order valence-electron chi connectivity index (χ0n) is 13.0. The molecule has 7 heteroatoms. The first kappa shape index (κ1) is 17.1. The molecule has 2 fully saturated rings. The summed E-state index contributed by atoms with van der Waals surface area (Å²) >= 11 is 0. The SMILES string of the molecule is CC1CCN(S(=O)(=O)NCCOC2CCC(N)CC2)CC1. The quantitative estimate of drug-likeness (QED) is 0.711. The van der Waals surface area contributed by atoms with E-state index < -0.39 is 10.2 Å². The summed E-state index contributed by atoms with van der Waals surface area (Å²) < 4.78 is 34.2. The third-order valence-electron chi connectivity index (χ3n) is 4.54. The van der Waals surface area contributed by atoms with Crippen LogP contribution in [-0.2, 0) is 14.9 Å². The molecule has 1 aliphatic carbocycles. The van der Waals surface area contributed by atoms with Crippen molar-refractivity contribution in [2.75, 3.05) is 26.2 Å². The van der Waals surface area contributed by atoms with E-state index in [0.29, 0.717) is 38.2 Å². The molecule has 124 valence electrons. The van der Waals surface area contributed by atoms with Gasteiger partial charge in [0.15, 0.2) is 0 Å². The number of piperidine rings is 1. The highest BCUT2D eigenvalue weighted by Crippen LogP contribution is 2.20. The van der Waals surface area contributed by atoms with Gasteiger partial charge in [-0.05, 0) is 44.4 Å². The van der Waals surface area contributed by atoms with Crippen molar-refractivity contribution < 1.29 is 13.2 Å². The first-order valence-corrected chi connectivity index (χ1v) is 9.53. The molecule has 0 spiro atoms. The van der Waals surface area contributed by atoms with E-state index in [-0.39, 0.29) is 6.10 Å². The van der Waals surface area contributed by atoms with Gasteiger partial charge in [-0.15, -0.1) is 0 Å². The molecule has 1 heterocycles. The van der Waals surface area contributed by atoms with Crippen LogP contribution in [0.5, 0.6) is 0 Å². The van der Waals surface area contributed by atoms with Gasteiger partial charge in [0.1, 0.15) is 0 Å². The first-order valence-electron chi connectivity index (χ1n) is 8.09. The van der Waals surface area contributed by atoms with Gasteiger partial charge in [-0.2, -0.15) is 17.4 Å². The van der Waals surface area contributed by atoms with Crippen molar-refractivity contribution in [3.63, 3.8) is 0 Å². The van der Waals surface area contributed by atoms with E-state index in [1.807, 2.05) is 0 Å². The zero-order chi connectivity index (χ0) is 15.3. The third kappa shape index (κ3) is 5.49. The Morgan fingerprint density at radius 2 is 1.76 bits per heavy atom. The number of hydrogen-bond donors (Lipinski definition) is 2. The summed E-state index contributed by atoms with van der Waals surface area (Å²) in [6, 6.07) is 0.310. The predicted octanol–water partition coefficient (Wildman–Crippen LogP) is 0.839. The van der Waals surface area contributed by atoms with E-state index in [1.165, 1.54) is 0 Å². The zero-order valence-corrected chi connectivity index (χ0v) is 13.8. The maximum atomic E-state index is 12.1. The fourth-order valence-electron chi connectivity index (χ4n) is 2.97. The monoisotopic (exact) mass is 319 g/mol. The Labute approximate surface area is 128 Å². The Morgan fingerprint density at radius 3 is 2.38 bits per heavy atom. The van der Waals surface area contributed by atoms with Crippen molar-refractivity contribution in [3.8, 4) is 0 Å². The molecule has 0 amide bonds. The highest BCUT2D eigenvalue weighted by atomic mass is 32.2. The second-order valence-corrected chi connectivity index (χ2v) is 8.14. The lowest BCUT2D eigenvalue weighted by Gasteiger charge is -2.29. The number of nitrogens with two attached hydrogens (primary N) is 1. The van der Waals surface area contributed by atoms with Gasteiger partial charge >= 0.3 is 0 Å². The fourth-order valence-corrected chi connectivity index (χ4v) is 4.18. The number of hydrogen-bond acceptors (Lipinski definition) is 4. The average molecular weight is 319 g/mol. The molecule has 1 saturated heterocycles. The summed E-state index contributed by atoms with van der Waals surface area (Å²) in [7, 11) is -3.34. The molecule has 2 aliphatic rings. The largest absolute Gasteiger partial charge is 0.377 e. The molecule has 0 bridgehead atoms. The van der Waals surface area contributed by atoms with Gasteiger partial charge in [0.25, 0.3) is 10.2 Å². The Kier molecular flexibility index (Phi) is 6.43. The van der Waals surface area contributed by atoms with Crippen LogP contribution in [0.3, 0.4) is 0 Å². The molecule has 21 heavy (non-hydrogen) atoms. The summed E-state index contributed by atoms with van der Waals surface area (Å²) in [5.74, 6) is 0.623. The minimum absolute atomic E-state index is 0.241. The third-order valence-corrected chi connectivity index (χ3v) is 6.16. The Balaban J connectivity index is 1.63. The summed E-state index contributed by atoms with van der Waals surface area (Å²) in [4.78, 5) is 0. The van der Waals surface area contributed by atoms with Gasteiger partial charge in [-0.1, -0.05) is 6.92 Å². The van der Waals surface area contributed by atoms with Crippen molar-refractivity contribution in [1.29, 1.82) is 0 Å². The molecule has 1 aliphatic heterocycles. The van der Waals surface area contributed by atoms with E-state index in [1.54, 1.807) is 4.31 Å². The van der Waals surface area contributed by atoms with Gasteiger partial charge in [0.05, 0.1) is 12.7 Å². The number of rotatable bonds is 6. The molecular weight excluding hydrogens is 290 g/mol. The highest BCUT2D eigenvalue weighted by molar-refractivity contribution is 7.87. The van der Waals surface area contributed by atoms with Crippen LogP contribution in [0, 0.1) is 5.92 Å². The molecule has 0 aromatic heterocycles. The fraction of sp³-hybridized carbons (Fsp3) is 1.00. The van der Waals surface area contributed by atoms with Crippen LogP contribution in [0.4, 0.5) is 0 Å². The Morgan fingerprint density at radius 1 is 1.14 bits per heavy atom. The molecule has 0 aromatic rings. The van der Waals surface area contributed by atoms with Crippen molar-refractivity contribution in [2.24, 2.45) is 11.7 Å². The number of nitrogens with one attached hydrogen (secondary N) is 1. The smallest absolute Gasteiger partial charge is 0.279 e. The summed E-state index contributed by atoms with van der Waals surface area (Å²) in [6.07, 6.45) is 6.10. The number of nitrogens with zero attached hydrogens (tertiary/aromatic N) is 1. The van der Waals surface area contributed by atoms with E-state index in [4.69, 9.17) is 10.5 Å². The van der Waals surface area contributed by atoms with E-state index in [2.05, 4.69) is 11.6 Å². The molecule has 6 nitrogen and oxygen atoms in total. The van der Waals surface area contributed by atoms with Crippen molar-refractivity contribution in [2.45, 2.75) is 57.6 Å². The van der Waals surface area contributed by atoms with Crippen molar-refractivity contribution >= 4 is 10.2 Å². The van der Waals surface area contributed by atoms with Crippen LogP contribution in [0.25, 0.3) is 0 Å². The van der Waals surface area contributed by atoms with Crippen LogP contribution in [-0.4, -0.2) is 51.1 Å². The topological polar surface area (TPSA) is 84.7 Å². The lowest BCUT2D eigenvalue weighted by molar-refractivity contribution is 0.0286. The Hall–Kier alpha value is -0.210. The summed E-state index contributed by atoms with van der Waals surface area (Å²) in [6.45, 7) is 4.19. The molecule has 1 saturated carbocycles. The van der Waals surface area contributed by atoms with E-state index in [0.717, 1.165) is 38.5 Å². The first-order chi connectivity index (χ1) is 9.97. The predicted molar refractivity (Wildman–Crippen MR) is 83.1 cm³/mol. The van der Waals surface area contributed by atoms with Gasteiger partial charge in [0.2, 0.25) is 0 Å². The second-order valence-electron chi connectivity index (χ2n) is 6.39. The summed E-state index contributed by atoms with van der Waals surface area (Å²) in [5.41, 5.74) is 5.85. The van der Waals surface area contributed by atoms with E-state index >= 15 is 0 Å². The second kappa shape index (κ2) is 7.87. The molecular formula is C14H29N3O3S. The number of ether oxygens (including phenoxy) is 1. The highest BCUT2D eigenvalue weighted by Gasteiger charge is 2.26. The van der Waals surface area contributed by atoms with Crippen LogP contribution < -0.4 is 10.5 Å². The molecule has 2 rings (SSSR count). The molecule has 0 unspecified atom stereocenters. The van der Waals surface area contributed by atoms with Crippen molar-refractivity contribution in [3.05, 3.63) is 0 Å². The van der Waals surface area contributed by atoms with E-state index in [9.17, 15) is 8.42 Å². The van der Waals surface area contributed by atoms with Gasteiger partial charge < -0.3 is 10.5 Å². The van der Waals surface area contributed by atoms with Gasteiger partial charge in [0, 0.05) is 25.7 Å². The van der Waals surface area contributed by atoms with Crippen molar-refractivity contribution in [1.82, 2.24) is 9.03 Å². The Bertz CT molecular complexity index is 400. The molecule has 0 radical (unpaired) electrons. The van der Waals surface area contributed by atoms with Crippen LogP contribution in [0.15, 0.2) is 0 Å². The van der Waals surface area contributed by atoms with Crippen LogP contribution in [0.1, 0.15) is 45.4 Å². The minimum atomic E-state index is -3.34. The van der Waals surface area contributed by atoms with Crippen LogP contribution in [0.2, 0.25) is 0 Å². The van der Waals surface area contributed by atoms with Crippen LogP contribution >= 0.6 is 0 Å². The molecule has 3 N–H and O–H groups in total. The summed E-state index contributed by atoms with van der Waals surface area (Å²) in [5, 5.41) is 0. The van der Waals surface area contributed by atoms with Gasteiger partial charge in [-0.3, -0.25) is 0 Å². The maximum absolute atomic E-state index is 12.1. The van der Waals surface area contributed by atoms with Gasteiger partial charge in [-0.25, -0.2) is 0 Å². The molecule has 0 aromatic carbocycles. The minimum Gasteiger partial charge on any atom is -0.377 e.